The molecule has 6 amide bonds. The van der Waals surface area contributed by atoms with E-state index in [1.165, 1.54) is 41.3 Å². The minimum absolute atomic E-state index is 0.0225. The van der Waals surface area contributed by atoms with Crippen LogP contribution in [0, 0.1) is 19.7 Å². The zero-order valence-corrected chi connectivity index (χ0v) is 36.2. The van der Waals surface area contributed by atoms with Crippen LogP contribution in [0.1, 0.15) is 102 Å². The van der Waals surface area contributed by atoms with Gasteiger partial charge in [0, 0.05) is 55.0 Å². The first-order chi connectivity index (χ1) is 29.6. The van der Waals surface area contributed by atoms with Gasteiger partial charge in [-0.25, -0.2) is 14.0 Å². The van der Waals surface area contributed by atoms with Gasteiger partial charge in [-0.1, -0.05) is 42.5 Å². The fourth-order valence-electron chi connectivity index (χ4n) is 8.08. The van der Waals surface area contributed by atoms with Crippen molar-refractivity contribution >= 4 is 35.3 Å². The van der Waals surface area contributed by atoms with Gasteiger partial charge in [0.15, 0.2) is 0 Å². The van der Waals surface area contributed by atoms with Gasteiger partial charge in [-0.15, -0.1) is 0 Å². The van der Waals surface area contributed by atoms with E-state index >= 15 is 0 Å². The number of nitrogens with zero attached hydrogens (tertiary/aromatic N) is 4. The van der Waals surface area contributed by atoms with Crippen molar-refractivity contribution in [3.63, 3.8) is 0 Å². The molecular formula is C47H54F4N6O6. The minimum atomic E-state index is -4.59. The van der Waals surface area contributed by atoms with E-state index in [4.69, 9.17) is 0 Å². The van der Waals surface area contributed by atoms with Crippen LogP contribution in [-0.2, 0) is 17.4 Å². The number of carbonyl (C=O) groups is 4. The Morgan fingerprint density at radius 3 is 1.51 bits per heavy atom. The second kappa shape index (κ2) is 18.4. The lowest BCUT2D eigenvalue weighted by Crippen LogP contribution is -2.59. The summed E-state index contributed by atoms with van der Waals surface area (Å²) < 4.78 is 55.1. The molecule has 0 atom stereocenters. The molecule has 2 fully saturated rings. The van der Waals surface area contributed by atoms with Gasteiger partial charge in [0.2, 0.25) is 0 Å². The SMILES string of the molecule is Cc1ccc(C(=O)N2CCC(O)(c3cccc(C(F)(F)F)c3)CC2)cc1N(C(=O)NC(C)C)N(C(=O)NC(C)C)c1cc(C(=O)N2CCC(O)(c3ccccc3F)CC2)ccc1C. The number of halogens is 4. The number of nitrogens with one attached hydrogen (secondary N) is 2. The van der Waals surface area contributed by atoms with Crippen LogP contribution in [0.25, 0.3) is 0 Å². The predicted molar refractivity (Wildman–Crippen MR) is 231 cm³/mol. The summed E-state index contributed by atoms with van der Waals surface area (Å²) >= 11 is 0. The molecule has 0 spiro atoms. The Kier molecular flexibility index (Phi) is 13.6. The van der Waals surface area contributed by atoms with Crippen molar-refractivity contribution in [3.8, 4) is 0 Å². The molecule has 0 aliphatic carbocycles. The van der Waals surface area contributed by atoms with Gasteiger partial charge in [-0.3, -0.25) is 9.59 Å². The third kappa shape index (κ3) is 10.1. The molecule has 0 bridgehead atoms. The van der Waals surface area contributed by atoms with Crippen LogP contribution in [0.4, 0.5) is 38.5 Å². The molecule has 63 heavy (non-hydrogen) atoms. The monoisotopic (exact) mass is 874 g/mol. The lowest BCUT2D eigenvalue weighted by Gasteiger charge is -2.39. The standard InChI is InChI=1S/C47H54F4N6O6/c1-29(2)52-43(60)56(39-26-33(16-14-31(39)5)41(58)54-22-18-45(62,19-23-54)35-10-9-11-36(28-35)47(49,50)51)57(44(61)53-30(3)4)40-27-34(17-15-32(40)6)42(59)55-24-20-46(63,21-25-55)37-12-7-8-13-38(37)48/h7-17,26-30,62-63H,18-25H2,1-6H3,(H,52,60)(H,53,61). The highest BCUT2D eigenvalue weighted by atomic mass is 19.4. The third-order valence-corrected chi connectivity index (χ3v) is 11.6. The molecule has 336 valence electrons. The van der Waals surface area contributed by atoms with Crippen LogP contribution in [0.5, 0.6) is 0 Å². The van der Waals surface area contributed by atoms with E-state index in [2.05, 4.69) is 10.6 Å². The first kappa shape index (κ1) is 46.5. The number of carbonyl (C=O) groups excluding carboxylic acids is 4. The Balaban J connectivity index is 1.32. The van der Waals surface area contributed by atoms with Crippen LogP contribution in [0.3, 0.4) is 0 Å². The largest absolute Gasteiger partial charge is 0.416 e. The molecule has 4 aromatic rings. The quantitative estimate of drug-likeness (QED) is 0.104. The highest BCUT2D eigenvalue weighted by Crippen LogP contribution is 2.39. The van der Waals surface area contributed by atoms with Crippen LogP contribution in [0.15, 0.2) is 84.9 Å². The molecule has 0 radical (unpaired) electrons. The summed E-state index contributed by atoms with van der Waals surface area (Å²) in [5.41, 5.74) is -1.97. The summed E-state index contributed by atoms with van der Waals surface area (Å²) in [5.74, 6) is -1.40. The lowest BCUT2D eigenvalue weighted by molar-refractivity contribution is -0.137. The van der Waals surface area contributed by atoms with Crippen molar-refractivity contribution in [1.29, 1.82) is 0 Å². The van der Waals surface area contributed by atoms with E-state index in [9.17, 15) is 47.0 Å². The molecule has 2 aliphatic rings. The second-order valence-corrected chi connectivity index (χ2v) is 17.0. The maximum absolute atomic E-state index is 14.7. The fourth-order valence-corrected chi connectivity index (χ4v) is 8.08. The molecule has 16 heteroatoms. The van der Waals surface area contributed by atoms with Crippen molar-refractivity contribution in [3.05, 3.63) is 130 Å². The number of aryl methyl sites for hydroxylation is 2. The van der Waals surface area contributed by atoms with E-state index < -0.39 is 64.7 Å². The lowest BCUT2D eigenvalue weighted by atomic mass is 9.83. The topological polar surface area (TPSA) is 146 Å². The Bertz CT molecular complexity index is 2350. The van der Waals surface area contributed by atoms with Crippen LogP contribution < -0.4 is 20.7 Å². The van der Waals surface area contributed by atoms with Gasteiger partial charge in [0.1, 0.15) is 5.82 Å². The summed E-state index contributed by atoms with van der Waals surface area (Å²) in [7, 11) is 0. The number of piperidine rings is 2. The first-order valence-corrected chi connectivity index (χ1v) is 21.0. The Hall–Kier alpha value is -6.00. The zero-order valence-electron chi connectivity index (χ0n) is 36.2. The van der Waals surface area contributed by atoms with Crippen molar-refractivity contribution in [2.24, 2.45) is 0 Å². The number of anilines is 2. The molecule has 6 rings (SSSR count). The highest BCUT2D eigenvalue weighted by Gasteiger charge is 2.40. The molecule has 0 saturated carbocycles. The van der Waals surface area contributed by atoms with Crippen molar-refractivity contribution < 1.29 is 47.0 Å². The maximum Gasteiger partial charge on any atom is 0.416 e. The van der Waals surface area contributed by atoms with E-state index in [1.54, 1.807) is 82.8 Å². The average molecular weight is 875 g/mol. The molecule has 12 nitrogen and oxygen atoms in total. The number of rotatable bonds is 8. The summed E-state index contributed by atoms with van der Waals surface area (Å²) in [6, 6.07) is 17.8. The summed E-state index contributed by atoms with van der Waals surface area (Å²) in [5, 5.41) is 30.8. The van der Waals surface area contributed by atoms with Crippen molar-refractivity contribution in [1.82, 2.24) is 20.4 Å². The van der Waals surface area contributed by atoms with Crippen molar-refractivity contribution in [2.75, 3.05) is 36.2 Å². The smallest absolute Gasteiger partial charge is 0.385 e. The number of urea groups is 2. The number of benzene rings is 4. The predicted octanol–water partition coefficient (Wildman–Crippen LogP) is 8.17. The summed E-state index contributed by atoms with van der Waals surface area (Å²) in [6.07, 6.45) is -4.46. The molecule has 2 aliphatic heterocycles. The van der Waals surface area contributed by atoms with E-state index in [1.807, 2.05) is 0 Å². The summed E-state index contributed by atoms with van der Waals surface area (Å²) in [4.78, 5) is 60.2. The van der Waals surface area contributed by atoms with Gasteiger partial charge < -0.3 is 30.6 Å². The molecule has 0 aromatic heterocycles. The Labute approximate surface area is 364 Å². The maximum atomic E-state index is 14.7. The van der Waals surface area contributed by atoms with Crippen LogP contribution >= 0.6 is 0 Å². The number of hydrazine groups is 1. The minimum Gasteiger partial charge on any atom is -0.385 e. The molecule has 2 saturated heterocycles. The second-order valence-electron chi connectivity index (χ2n) is 17.0. The molecule has 0 unspecified atom stereocenters. The number of hydrogen-bond acceptors (Lipinski definition) is 6. The van der Waals surface area contributed by atoms with Crippen molar-refractivity contribution in [2.45, 2.75) is 96.7 Å². The van der Waals surface area contributed by atoms with Gasteiger partial charge >= 0.3 is 18.2 Å². The van der Waals surface area contributed by atoms with Crippen LogP contribution in [0.2, 0.25) is 0 Å². The van der Waals surface area contributed by atoms with Crippen LogP contribution in [-0.4, -0.2) is 82.2 Å². The molecule has 4 aromatic carbocycles. The average Bonchev–Trinajstić information content (AvgIpc) is 3.23. The molecule has 4 N–H and O–H groups in total. The number of alkyl halides is 3. The Morgan fingerprint density at radius 1 is 0.635 bits per heavy atom. The highest BCUT2D eigenvalue weighted by molar-refractivity contribution is 6.08. The zero-order chi connectivity index (χ0) is 46.0. The summed E-state index contributed by atoms with van der Waals surface area (Å²) in [6.45, 7) is 10.7. The van der Waals surface area contributed by atoms with Gasteiger partial charge in [-0.2, -0.15) is 23.2 Å². The van der Waals surface area contributed by atoms with E-state index in [0.717, 1.165) is 22.2 Å². The number of hydrogen-bond donors (Lipinski definition) is 4. The number of aliphatic hydroxyl groups is 2. The normalized spacial score (nSPS) is 16.2. The van der Waals surface area contributed by atoms with E-state index in [-0.39, 0.29) is 85.5 Å². The van der Waals surface area contributed by atoms with Gasteiger partial charge in [0.05, 0.1) is 28.1 Å². The molecule has 2 heterocycles. The number of likely N-dealkylation sites (tertiary alicyclic amines) is 2. The molecular weight excluding hydrogens is 821 g/mol. The van der Waals surface area contributed by atoms with E-state index in [0.29, 0.717) is 11.1 Å². The number of amides is 6. The first-order valence-electron chi connectivity index (χ1n) is 21.0. The Morgan fingerprint density at radius 2 is 1.08 bits per heavy atom. The fraction of sp³-hybridized carbons (Fsp3) is 0.404. The van der Waals surface area contributed by atoms with Gasteiger partial charge in [0.25, 0.3) is 11.8 Å². The van der Waals surface area contributed by atoms with Gasteiger partial charge in [-0.05, 0) is 126 Å². The third-order valence-electron chi connectivity index (χ3n) is 11.6.